The number of hydrazine groups is 1. The van der Waals surface area contributed by atoms with Gasteiger partial charge in [0.05, 0.1) is 0 Å². The van der Waals surface area contributed by atoms with Crippen molar-refractivity contribution < 1.29 is 0 Å². The van der Waals surface area contributed by atoms with Crippen molar-refractivity contribution in [1.82, 2.24) is 10.4 Å². The van der Waals surface area contributed by atoms with Crippen LogP contribution in [0.4, 0.5) is 0 Å². The van der Waals surface area contributed by atoms with Gasteiger partial charge in [-0.3, -0.25) is 16.3 Å². The first-order valence-corrected chi connectivity index (χ1v) is 7.14. The zero-order valence-corrected chi connectivity index (χ0v) is 11.1. The van der Waals surface area contributed by atoms with E-state index in [1.54, 1.807) is 0 Å². The van der Waals surface area contributed by atoms with Crippen molar-refractivity contribution in [2.45, 2.75) is 45.1 Å². The van der Waals surface area contributed by atoms with Crippen LogP contribution in [0.1, 0.15) is 49.3 Å². The van der Waals surface area contributed by atoms with Gasteiger partial charge in [0, 0.05) is 18.4 Å². The fraction of sp³-hybridized carbons (Fsp3) is 0.667. The summed E-state index contributed by atoms with van der Waals surface area (Å²) in [5.74, 6) is 8.63. The van der Waals surface area contributed by atoms with Crippen LogP contribution in [0.2, 0.25) is 0 Å². The summed E-state index contributed by atoms with van der Waals surface area (Å²) >= 11 is 0. The third-order valence-corrected chi connectivity index (χ3v) is 5.06. The molecule has 0 radical (unpaired) electrons. The summed E-state index contributed by atoms with van der Waals surface area (Å²) in [5.41, 5.74) is 5.57. The Bertz CT molecular complexity index is 418. The quantitative estimate of drug-likeness (QED) is 0.633. The van der Waals surface area contributed by atoms with Crippen molar-refractivity contribution in [3.63, 3.8) is 0 Å². The van der Waals surface area contributed by atoms with Crippen LogP contribution >= 0.6 is 0 Å². The topological polar surface area (TPSA) is 50.9 Å². The smallest absolute Gasteiger partial charge is 0.0466 e. The van der Waals surface area contributed by atoms with Crippen LogP contribution < -0.4 is 11.3 Å². The minimum Gasteiger partial charge on any atom is -0.271 e. The molecule has 0 saturated heterocycles. The number of nitrogens with one attached hydrogen (secondary N) is 1. The highest BCUT2D eigenvalue weighted by Crippen LogP contribution is 2.50. The third-order valence-electron chi connectivity index (χ3n) is 5.06. The van der Waals surface area contributed by atoms with Crippen LogP contribution in [0, 0.1) is 24.7 Å². The van der Waals surface area contributed by atoms with Crippen molar-refractivity contribution in [2.24, 2.45) is 23.6 Å². The molecule has 1 aromatic rings. The van der Waals surface area contributed by atoms with Crippen molar-refractivity contribution in [2.75, 3.05) is 0 Å². The Morgan fingerprint density at radius 3 is 2.94 bits per heavy atom. The fourth-order valence-electron chi connectivity index (χ4n) is 4.13. The summed E-state index contributed by atoms with van der Waals surface area (Å²) in [5, 5.41) is 0. The molecule has 0 aromatic carbocycles. The number of hydrogen-bond acceptors (Lipinski definition) is 3. The van der Waals surface area contributed by atoms with Gasteiger partial charge >= 0.3 is 0 Å². The molecule has 2 bridgehead atoms. The van der Waals surface area contributed by atoms with E-state index in [1.807, 2.05) is 12.4 Å². The average molecular weight is 245 g/mol. The molecule has 0 spiro atoms. The Labute approximate surface area is 109 Å². The lowest BCUT2D eigenvalue weighted by atomic mass is 9.82. The molecule has 2 fully saturated rings. The molecule has 3 N–H and O–H groups in total. The van der Waals surface area contributed by atoms with Gasteiger partial charge in [-0.1, -0.05) is 6.42 Å². The molecular formula is C15H23N3. The van der Waals surface area contributed by atoms with E-state index >= 15 is 0 Å². The van der Waals surface area contributed by atoms with Crippen molar-refractivity contribution in [3.8, 4) is 0 Å². The molecule has 0 amide bonds. The highest BCUT2D eigenvalue weighted by atomic mass is 15.2. The molecule has 3 nitrogen and oxygen atoms in total. The maximum absolute atomic E-state index is 5.78. The summed E-state index contributed by atoms with van der Waals surface area (Å²) in [7, 11) is 0. The van der Waals surface area contributed by atoms with Gasteiger partial charge in [-0.2, -0.15) is 0 Å². The molecule has 3 rings (SSSR count). The first kappa shape index (κ1) is 12.1. The summed E-state index contributed by atoms with van der Waals surface area (Å²) in [6.45, 7) is 2.12. The molecule has 2 aliphatic carbocycles. The second kappa shape index (κ2) is 4.98. The number of nitrogens with two attached hydrogens (primary N) is 1. The molecule has 2 aliphatic rings. The molecule has 1 heterocycles. The van der Waals surface area contributed by atoms with E-state index in [-0.39, 0.29) is 6.04 Å². The summed E-state index contributed by atoms with van der Waals surface area (Å²) in [6, 6.07) is 2.39. The lowest BCUT2D eigenvalue weighted by Crippen LogP contribution is -2.31. The van der Waals surface area contributed by atoms with E-state index in [1.165, 1.54) is 43.2 Å². The van der Waals surface area contributed by atoms with Gasteiger partial charge in [0.1, 0.15) is 0 Å². The third kappa shape index (κ3) is 2.17. The van der Waals surface area contributed by atoms with Gasteiger partial charge in [0.25, 0.3) is 0 Å². The standard InChI is InChI=1S/C15H23N3/c1-10-9-17-5-4-14(10)15(18-16)8-13-7-11-2-3-12(13)6-11/h4-5,9,11-13,15,18H,2-3,6-8,16H2,1H3. The Morgan fingerprint density at radius 1 is 1.44 bits per heavy atom. The van der Waals surface area contributed by atoms with Gasteiger partial charge in [0.15, 0.2) is 0 Å². The molecule has 0 aliphatic heterocycles. The minimum atomic E-state index is 0.289. The highest BCUT2D eigenvalue weighted by Gasteiger charge is 2.40. The van der Waals surface area contributed by atoms with E-state index < -0.39 is 0 Å². The van der Waals surface area contributed by atoms with Crippen molar-refractivity contribution in [3.05, 3.63) is 29.6 Å². The van der Waals surface area contributed by atoms with E-state index in [4.69, 9.17) is 5.84 Å². The largest absolute Gasteiger partial charge is 0.271 e. The normalized spacial score (nSPS) is 31.8. The first-order chi connectivity index (χ1) is 8.78. The maximum atomic E-state index is 5.78. The number of aryl methyl sites for hydroxylation is 1. The van der Waals surface area contributed by atoms with Crippen LogP contribution in [0.5, 0.6) is 0 Å². The predicted octanol–water partition coefficient (Wildman–Crippen LogP) is 2.72. The molecule has 2 saturated carbocycles. The van der Waals surface area contributed by atoms with Gasteiger partial charge in [-0.15, -0.1) is 0 Å². The summed E-state index contributed by atoms with van der Waals surface area (Å²) in [4.78, 5) is 4.16. The summed E-state index contributed by atoms with van der Waals surface area (Å²) in [6.07, 6.45) is 10.8. The van der Waals surface area contributed by atoms with Crippen LogP contribution in [-0.4, -0.2) is 4.98 Å². The Kier molecular flexibility index (Phi) is 3.35. The zero-order valence-electron chi connectivity index (χ0n) is 11.1. The fourth-order valence-corrected chi connectivity index (χ4v) is 4.13. The van der Waals surface area contributed by atoms with Gasteiger partial charge in [0.2, 0.25) is 0 Å². The van der Waals surface area contributed by atoms with Crippen LogP contribution in [-0.2, 0) is 0 Å². The second-order valence-corrected chi connectivity index (χ2v) is 6.12. The van der Waals surface area contributed by atoms with E-state index in [9.17, 15) is 0 Å². The van der Waals surface area contributed by atoms with E-state index in [0.717, 1.165) is 17.8 Å². The Balaban J connectivity index is 1.72. The number of fused-ring (bicyclic) bond motifs is 2. The van der Waals surface area contributed by atoms with Gasteiger partial charge in [-0.25, -0.2) is 0 Å². The molecule has 3 heteroatoms. The molecule has 4 atom stereocenters. The van der Waals surface area contributed by atoms with Gasteiger partial charge < -0.3 is 0 Å². The Hall–Kier alpha value is -0.930. The molecule has 4 unspecified atom stereocenters. The highest BCUT2D eigenvalue weighted by molar-refractivity contribution is 5.25. The molecule has 1 aromatic heterocycles. The van der Waals surface area contributed by atoms with E-state index in [2.05, 4.69) is 23.4 Å². The number of nitrogens with zero attached hydrogens (tertiary/aromatic N) is 1. The van der Waals surface area contributed by atoms with Gasteiger partial charge in [-0.05, 0) is 67.6 Å². The second-order valence-electron chi connectivity index (χ2n) is 6.12. The average Bonchev–Trinajstić information content (AvgIpc) is 2.99. The number of rotatable bonds is 4. The predicted molar refractivity (Wildman–Crippen MR) is 72.6 cm³/mol. The first-order valence-electron chi connectivity index (χ1n) is 7.14. The van der Waals surface area contributed by atoms with Crippen LogP contribution in [0.3, 0.4) is 0 Å². The lowest BCUT2D eigenvalue weighted by Gasteiger charge is -2.27. The van der Waals surface area contributed by atoms with Crippen molar-refractivity contribution >= 4 is 0 Å². The monoisotopic (exact) mass is 245 g/mol. The minimum absolute atomic E-state index is 0.289. The number of aromatic nitrogens is 1. The number of pyridine rings is 1. The van der Waals surface area contributed by atoms with Crippen LogP contribution in [0.25, 0.3) is 0 Å². The lowest BCUT2D eigenvalue weighted by molar-refractivity contribution is 0.279. The molecule has 18 heavy (non-hydrogen) atoms. The Morgan fingerprint density at radius 2 is 2.33 bits per heavy atom. The van der Waals surface area contributed by atoms with Crippen molar-refractivity contribution in [1.29, 1.82) is 0 Å². The molecular weight excluding hydrogens is 222 g/mol. The van der Waals surface area contributed by atoms with E-state index in [0.29, 0.717) is 0 Å². The maximum Gasteiger partial charge on any atom is 0.0466 e. The van der Waals surface area contributed by atoms with Crippen LogP contribution in [0.15, 0.2) is 18.5 Å². The zero-order chi connectivity index (χ0) is 12.5. The molecule has 98 valence electrons. The summed E-state index contributed by atoms with van der Waals surface area (Å²) < 4.78 is 0. The SMILES string of the molecule is Cc1cnccc1C(CC1CC2CCC1C2)NN. The number of hydrogen-bond donors (Lipinski definition) is 2.